The van der Waals surface area contributed by atoms with Gasteiger partial charge in [-0.25, -0.2) is 14.6 Å². The number of carbonyl (C=O) groups excluding carboxylic acids is 2. The monoisotopic (exact) mass is 555 g/mol. The van der Waals surface area contributed by atoms with Crippen LogP contribution in [0.5, 0.6) is 0 Å². The van der Waals surface area contributed by atoms with Gasteiger partial charge in [0.25, 0.3) is 5.56 Å². The summed E-state index contributed by atoms with van der Waals surface area (Å²) in [7, 11) is 2.70. The molecule has 0 fully saturated rings. The molecule has 0 spiro atoms. The summed E-state index contributed by atoms with van der Waals surface area (Å²) in [5.41, 5.74) is 5.75. The first-order valence-electron chi connectivity index (χ1n) is 12.8. The zero-order valence-electron chi connectivity index (χ0n) is 22.9. The highest BCUT2D eigenvalue weighted by Gasteiger charge is 2.33. The summed E-state index contributed by atoms with van der Waals surface area (Å²) in [5, 5.41) is 0. The van der Waals surface area contributed by atoms with Crippen molar-refractivity contribution in [2.45, 2.75) is 33.2 Å². The van der Waals surface area contributed by atoms with E-state index in [1.165, 1.54) is 25.6 Å². The summed E-state index contributed by atoms with van der Waals surface area (Å²) in [5.74, 6) is -0.885. The van der Waals surface area contributed by atoms with Crippen molar-refractivity contribution in [3.05, 3.63) is 120 Å². The zero-order valence-corrected chi connectivity index (χ0v) is 23.7. The molecule has 5 rings (SSSR count). The molecular formula is C31H29N3O5S. The minimum absolute atomic E-state index is 0.221. The third-order valence-corrected chi connectivity index (χ3v) is 8.05. The molecule has 2 aromatic carbocycles. The third-order valence-electron chi connectivity index (χ3n) is 7.07. The molecule has 0 radical (unpaired) electrons. The van der Waals surface area contributed by atoms with Crippen LogP contribution in [0.2, 0.25) is 0 Å². The Morgan fingerprint density at radius 1 is 1.00 bits per heavy atom. The highest BCUT2D eigenvalue weighted by Crippen LogP contribution is 2.31. The quantitative estimate of drug-likeness (QED) is 0.336. The Morgan fingerprint density at radius 2 is 1.68 bits per heavy atom. The summed E-state index contributed by atoms with van der Waals surface area (Å²) in [6.07, 6.45) is 2.40. The van der Waals surface area contributed by atoms with Gasteiger partial charge in [0.2, 0.25) is 0 Å². The van der Waals surface area contributed by atoms with Gasteiger partial charge in [-0.3, -0.25) is 9.36 Å². The van der Waals surface area contributed by atoms with Gasteiger partial charge in [-0.1, -0.05) is 48.6 Å². The number of methoxy groups -OCH3 is 2. The van der Waals surface area contributed by atoms with Crippen molar-refractivity contribution in [3.8, 4) is 5.69 Å². The van der Waals surface area contributed by atoms with Gasteiger partial charge in [-0.2, -0.15) is 0 Å². The normalized spacial score (nSPS) is 15.0. The number of aryl methyl sites for hydroxylation is 1. The maximum absolute atomic E-state index is 13.9. The predicted octanol–water partition coefficient (Wildman–Crippen LogP) is 3.99. The first-order valence-corrected chi connectivity index (χ1v) is 13.7. The van der Waals surface area contributed by atoms with Crippen molar-refractivity contribution < 1.29 is 19.1 Å². The fourth-order valence-corrected chi connectivity index (χ4v) is 6.16. The molecule has 0 N–H and O–H groups in total. The van der Waals surface area contributed by atoms with Gasteiger partial charge in [0.05, 0.1) is 41.6 Å². The van der Waals surface area contributed by atoms with Crippen molar-refractivity contribution >= 4 is 29.4 Å². The number of thiazole rings is 1. The highest BCUT2D eigenvalue weighted by atomic mass is 32.1. The van der Waals surface area contributed by atoms with Crippen LogP contribution >= 0.6 is 11.3 Å². The van der Waals surface area contributed by atoms with Crippen LogP contribution in [0.1, 0.15) is 52.3 Å². The van der Waals surface area contributed by atoms with E-state index in [9.17, 15) is 14.4 Å². The maximum Gasteiger partial charge on any atom is 0.338 e. The molecule has 2 aromatic heterocycles. The van der Waals surface area contributed by atoms with E-state index in [1.54, 1.807) is 16.7 Å². The van der Waals surface area contributed by atoms with Crippen LogP contribution in [0, 0.1) is 13.8 Å². The molecule has 8 nitrogen and oxygen atoms in total. The second kappa shape index (κ2) is 10.9. The van der Waals surface area contributed by atoms with E-state index in [-0.39, 0.29) is 11.5 Å². The fraction of sp³-hybridized carbons (Fsp3) is 0.226. The van der Waals surface area contributed by atoms with Gasteiger partial charge < -0.3 is 14.0 Å². The number of esters is 2. The smallest absolute Gasteiger partial charge is 0.338 e. The maximum atomic E-state index is 13.9. The molecule has 0 amide bonds. The van der Waals surface area contributed by atoms with Crippen molar-refractivity contribution in [1.82, 2.24) is 9.13 Å². The first-order chi connectivity index (χ1) is 19.3. The van der Waals surface area contributed by atoms with Crippen molar-refractivity contribution in [1.29, 1.82) is 0 Å². The van der Waals surface area contributed by atoms with E-state index in [1.807, 2.05) is 75.4 Å². The molecule has 9 heteroatoms. The molecule has 3 heterocycles. The van der Waals surface area contributed by atoms with E-state index >= 15 is 0 Å². The second-order valence-electron chi connectivity index (χ2n) is 9.40. The summed E-state index contributed by atoms with van der Waals surface area (Å²) >= 11 is 1.30. The van der Waals surface area contributed by atoms with E-state index in [4.69, 9.17) is 14.5 Å². The number of carbonyl (C=O) groups is 2. The topological polar surface area (TPSA) is 91.9 Å². The number of aromatic nitrogens is 2. The Labute approximate surface area is 235 Å². The minimum atomic E-state index is -0.636. The molecular weight excluding hydrogens is 526 g/mol. The average molecular weight is 556 g/mol. The first kappa shape index (κ1) is 27.1. The molecule has 0 bridgehead atoms. The second-order valence-corrected chi connectivity index (χ2v) is 10.4. The lowest BCUT2D eigenvalue weighted by Gasteiger charge is -2.25. The lowest BCUT2D eigenvalue weighted by Crippen LogP contribution is -2.40. The van der Waals surface area contributed by atoms with Crippen LogP contribution in [0.15, 0.2) is 81.7 Å². The number of allylic oxidation sites excluding steroid dienone is 1. The molecule has 1 aliphatic rings. The van der Waals surface area contributed by atoms with Gasteiger partial charge in [0, 0.05) is 17.1 Å². The predicted molar refractivity (Wildman–Crippen MR) is 153 cm³/mol. The van der Waals surface area contributed by atoms with Gasteiger partial charge in [-0.05, 0) is 67.8 Å². The molecule has 0 aliphatic carbocycles. The molecule has 1 aliphatic heterocycles. The summed E-state index contributed by atoms with van der Waals surface area (Å²) < 4.78 is 14.1. The highest BCUT2D eigenvalue weighted by molar-refractivity contribution is 7.07. The number of hydrogen-bond donors (Lipinski definition) is 0. The fourth-order valence-electron chi connectivity index (χ4n) is 5.15. The molecule has 204 valence electrons. The van der Waals surface area contributed by atoms with Crippen LogP contribution < -0.4 is 14.9 Å². The number of rotatable bonds is 6. The van der Waals surface area contributed by atoms with Crippen LogP contribution in [-0.4, -0.2) is 35.3 Å². The summed E-state index contributed by atoms with van der Waals surface area (Å²) in [6.45, 7) is 5.91. The van der Waals surface area contributed by atoms with Gasteiger partial charge in [-0.15, -0.1) is 0 Å². The number of benzene rings is 2. The molecule has 0 unspecified atom stereocenters. The Balaban J connectivity index is 1.65. The number of nitrogens with zero attached hydrogens (tertiary/aromatic N) is 3. The Hall–Kier alpha value is -4.50. The molecule has 40 heavy (non-hydrogen) atoms. The lowest BCUT2D eigenvalue weighted by molar-refractivity contribution is -0.136. The molecule has 0 saturated carbocycles. The molecule has 4 aromatic rings. The summed E-state index contributed by atoms with van der Waals surface area (Å²) in [6, 6.07) is 18.1. The Bertz CT molecular complexity index is 1830. The Morgan fingerprint density at radius 3 is 2.30 bits per heavy atom. The van der Waals surface area contributed by atoms with Crippen molar-refractivity contribution in [2.75, 3.05) is 14.2 Å². The van der Waals surface area contributed by atoms with E-state index < -0.39 is 12.0 Å². The average Bonchev–Trinajstić information content (AvgIpc) is 3.45. The van der Waals surface area contributed by atoms with E-state index in [0.29, 0.717) is 32.6 Å². The molecule has 1 atom stereocenters. The number of ether oxygens (including phenoxy) is 2. The Kier molecular flexibility index (Phi) is 7.40. The number of fused-ring (bicyclic) bond motifs is 1. The van der Waals surface area contributed by atoms with Crippen LogP contribution in [0.25, 0.3) is 11.8 Å². The van der Waals surface area contributed by atoms with Crippen molar-refractivity contribution in [2.24, 2.45) is 4.99 Å². The largest absolute Gasteiger partial charge is 0.466 e. The minimum Gasteiger partial charge on any atom is -0.466 e. The molecule has 0 saturated heterocycles. The zero-order chi connectivity index (χ0) is 28.6. The SMILES string of the molecule is CCC1=C(C(=O)OC)[C@H](c2ccccc2)n2c(s/c(=C\c3cc(C)n(-c4ccc(C(=O)OC)cc4)c3C)c2=O)=N1. The van der Waals surface area contributed by atoms with Gasteiger partial charge >= 0.3 is 11.9 Å². The van der Waals surface area contributed by atoms with Crippen LogP contribution in [-0.2, 0) is 14.3 Å². The van der Waals surface area contributed by atoms with E-state index in [0.717, 1.165) is 28.2 Å². The van der Waals surface area contributed by atoms with Gasteiger partial charge in [0.15, 0.2) is 4.80 Å². The lowest BCUT2D eigenvalue weighted by atomic mass is 9.95. The van der Waals surface area contributed by atoms with Crippen molar-refractivity contribution in [3.63, 3.8) is 0 Å². The number of hydrogen-bond acceptors (Lipinski definition) is 7. The standard InChI is InChI=1S/C31H29N3O5S/c1-6-24-26(30(37)39-5)27(20-10-8-7-9-11-20)34-28(35)25(40-31(34)32-24)17-22-16-18(2)33(19(22)3)23-14-12-21(13-15-23)29(36)38-4/h7-17,27H,6H2,1-5H3/b25-17-/t27-/m0/s1. The summed E-state index contributed by atoms with van der Waals surface area (Å²) in [4.78, 5) is 44.0. The van der Waals surface area contributed by atoms with E-state index in [2.05, 4.69) is 4.57 Å². The van der Waals surface area contributed by atoms with Gasteiger partial charge in [0.1, 0.15) is 0 Å². The third kappa shape index (κ3) is 4.62. The van der Waals surface area contributed by atoms with Crippen LogP contribution in [0.3, 0.4) is 0 Å². The van der Waals surface area contributed by atoms with Crippen LogP contribution in [0.4, 0.5) is 0 Å².